The predicted octanol–water partition coefficient (Wildman–Crippen LogP) is 2.14. The van der Waals surface area contributed by atoms with Crippen LogP contribution in [0, 0.1) is 11.3 Å². The van der Waals surface area contributed by atoms with E-state index in [2.05, 4.69) is 10.6 Å². The summed E-state index contributed by atoms with van der Waals surface area (Å²) in [4.78, 5) is 13.5. The summed E-state index contributed by atoms with van der Waals surface area (Å²) in [6.45, 7) is 8.36. The SMILES string of the molecule is CC(C)(C)OC(=O)NCC1CN(C(=N)NCOCc2ccccc2)C1. The molecule has 1 amide bonds. The van der Waals surface area contributed by atoms with Crippen LogP contribution in [0.2, 0.25) is 0 Å². The van der Waals surface area contributed by atoms with Gasteiger partial charge >= 0.3 is 6.09 Å². The Balaban J connectivity index is 1.53. The molecule has 1 aromatic carbocycles. The molecule has 0 radical (unpaired) electrons. The molecule has 0 bridgehead atoms. The number of alkyl carbamates (subject to hydrolysis) is 1. The molecule has 0 saturated carbocycles. The Labute approximate surface area is 149 Å². The molecule has 0 aliphatic carbocycles. The van der Waals surface area contributed by atoms with E-state index < -0.39 is 11.7 Å². The molecule has 7 heteroatoms. The molecule has 0 unspecified atom stereocenters. The Morgan fingerprint density at radius 1 is 1.24 bits per heavy atom. The zero-order valence-corrected chi connectivity index (χ0v) is 15.2. The lowest BCUT2D eigenvalue weighted by atomic mass is 10.0. The van der Waals surface area contributed by atoms with Gasteiger partial charge in [-0.3, -0.25) is 5.41 Å². The van der Waals surface area contributed by atoms with Gasteiger partial charge in [-0.15, -0.1) is 0 Å². The summed E-state index contributed by atoms with van der Waals surface area (Å²) >= 11 is 0. The van der Waals surface area contributed by atoms with E-state index in [0.29, 0.717) is 31.8 Å². The van der Waals surface area contributed by atoms with E-state index in [1.807, 2.05) is 56.0 Å². The molecule has 3 N–H and O–H groups in total. The number of nitrogens with one attached hydrogen (secondary N) is 3. The third-order valence-electron chi connectivity index (χ3n) is 3.66. The second-order valence-electron chi connectivity index (χ2n) is 7.16. The van der Waals surface area contributed by atoms with Crippen LogP contribution in [-0.2, 0) is 16.1 Å². The molecule has 25 heavy (non-hydrogen) atoms. The van der Waals surface area contributed by atoms with E-state index in [9.17, 15) is 4.79 Å². The number of benzene rings is 1. The van der Waals surface area contributed by atoms with Crippen LogP contribution in [0.25, 0.3) is 0 Å². The van der Waals surface area contributed by atoms with Crippen molar-refractivity contribution >= 4 is 12.1 Å². The molecule has 0 aromatic heterocycles. The Bertz CT molecular complexity index is 565. The number of carbonyl (C=O) groups is 1. The second kappa shape index (κ2) is 8.71. The molecule has 138 valence electrons. The van der Waals surface area contributed by atoms with Crippen molar-refractivity contribution in [2.45, 2.75) is 33.0 Å². The van der Waals surface area contributed by atoms with Crippen molar-refractivity contribution < 1.29 is 14.3 Å². The van der Waals surface area contributed by atoms with Gasteiger partial charge in [0.2, 0.25) is 0 Å². The fourth-order valence-electron chi connectivity index (χ4n) is 2.40. The highest BCUT2D eigenvalue weighted by atomic mass is 16.6. The lowest BCUT2D eigenvalue weighted by Crippen LogP contribution is -2.57. The third kappa shape index (κ3) is 7.01. The molecule has 2 rings (SSSR count). The standard InChI is InChI=1S/C18H28N4O3/c1-18(2,3)25-17(23)20-9-15-10-22(11-15)16(19)21-13-24-12-14-7-5-4-6-8-14/h4-8,15H,9-13H2,1-3H3,(H2,19,21)(H,20,23). The predicted molar refractivity (Wildman–Crippen MR) is 96.3 cm³/mol. The van der Waals surface area contributed by atoms with Crippen molar-refractivity contribution in [3.05, 3.63) is 35.9 Å². The summed E-state index contributed by atoms with van der Waals surface area (Å²) in [5.41, 5.74) is 0.620. The van der Waals surface area contributed by atoms with Gasteiger partial charge in [0.1, 0.15) is 12.3 Å². The molecule has 1 fully saturated rings. The van der Waals surface area contributed by atoms with E-state index in [1.165, 1.54) is 0 Å². The second-order valence-corrected chi connectivity index (χ2v) is 7.16. The number of hydrogen-bond acceptors (Lipinski definition) is 4. The molecule has 1 heterocycles. The first-order chi connectivity index (χ1) is 11.8. The number of rotatable bonds is 6. The largest absolute Gasteiger partial charge is 0.444 e. The lowest BCUT2D eigenvalue weighted by molar-refractivity contribution is 0.0497. The maximum atomic E-state index is 11.6. The van der Waals surface area contributed by atoms with Crippen LogP contribution in [0.3, 0.4) is 0 Å². The first-order valence-electron chi connectivity index (χ1n) is 8.49. The highest BCUT2D eigenvalue weighted by Crippen LogP contribution is 2.14. The Morgan fingerprint density at radius 3 is 2.56 bits per heavy atom. The van der Waals surface area contributed by atoms with Gasteiger partial charge in [0, 0.05) is 25.6 Å². The summed E-state index contributed by atoms with van der Waals surface area (Å²) in [5, 5.41) is 13.7. The van der Waals surface area contributed by atoms with Gasteiger partial charge in [-0.05, 0) is 26.3 Å². The van der Waals surface area contributed by atoms with Crippen molar-refractivity contribution in [3.8, 4) is 0 Å². The Morgan fingerprint density at radius 2 is 1.92 bits per heavy atom. The quantitative estimate of drug-likeness (QED) is 0.317. The minimum atomic E-state index is -0.485. The van der Waals surface area contributed by atoms with Crippen LogP contribution >= 0.6 is 0 Å². The number of guanidine groups is 1. The fourth-order valence-corrected chi connectivity index (χ4v) is 2.40. The smallest absolute Gasteiger partial charge is 0.407 e. The van der Waals surface area contributed by atoms with Gasteiger partial charge < -0.3 is 25.0 Å². The normalized spacial score (nSPS) is 14.6. The number of hydrogen-bond donors (Lipinski definition) is 3. The van der Waals surface area contributed by atoms with Crippen LogP contribution in [0.1, 0.15) is 26.3 Å². The first-order valence-corrected chi connectivity index (χ1v) is 8.49. The average Bonchev–Trinajstić information content (AvgIpc) is 2.49. The van der Waals surface area contributed by atoms with Gasteiger partial charge in [0.25, 0.3) is 0 Å². The minimum absolute atomic E-state index is 0.297. The van der Waals surface area contributed by atoms with Crippen molar-refractivity contribution in [1.82, 2.24) is 15.5 Å². The van der Waals surface area contributed by atoms with E-state index >= 15 is 0 Å². The Hall–Kier alpha value is -2.28. The van der Waals surface area contributed by atoms with Crippen LogP contribution in [0.4, 0.5) is 4.79 Å². The van der Waals surface area contributed by atoms with E-state index in [-0.39, 0.29) is 0 Å². The van der Waals surface area contributed by atoms with Crippen molar-refractivity contribution in [1.29, 1.82) is 5.41 Å². The van der Waals surface area contributed by atoms with Crippen LogP contribution < -0.4 is 10.6 Å². The lowest BCUT2D eigenvalue weighted by Gasteiger charge is -2.40. The summed E-state index contributed by atoms with van der Waals surface area (Å²) in [5.74, 6) is 0.682. The summed E-state index contributed by atoms with van der Waals surface area (Å²) < 4.78 is 10.7. The van der Waals surface area contributed by atoms with E-state index in [1.54, 1.807) is 0 Å². The van der Waals surface area contributed by atoms with Gasteiger partial charge in [-0.1, -0.05) is 30.3 Å². The highest BCUT2D eigenvalue weighted by molar-refractivity contribution is 5.77. The van der Waals surface area contributed by atoms with Crippen molar-refractivity contribution in [2.75, 3.05) is 26.4 Å². The van der Waals surface area contributed by atoms with Crippen LogP contribution in [0.5, 0.6) is 0 Å². The number of ether oxygens (including phenoxy) is 2. The van der Waals surface area contributed by atoms with Gasteiger partial charge in [-0.2, -0.15) is 0 Å². The zero-order chi connectivity index (χ0) is 18.3. The topological polar surface area (TPSA) is 86.7 Å². The molecule has 1 saturated heterocycles. The number of likely N-dealkylation sites (tertiary alicyclic amines) is 1. The monoisotopic (exact) mass is 348 g/mol. The zero-order valence-electron chi connectivity index (χ0n) is 15.2. The maximum Gasteiger partial charge on any atom is 0.407 e. The molecule has 1 aromatic rings. The van der Waals surface area contributed by atoms with Gasteiger partial charge in [-0.25, -0.2) is 4.79 Å². The average molecular weight is 348 g/mol. The van der Waals surface area contributed by atoms with Crippen LogP contribution in [-0.4, -0.2) is 48.9 Å². The molecule has 0 spiro atoms. The van der Waals surface area contributed by atoms with Crippen LogP contribution in [0.15, 0.2) is 30.3 Å². The van der Waals surface area contributed by atoms with Gasteiger partial charge in [0.15, 0.2) is 5.96 Å². The van der Waals surface area contributed by atoms with Gasteiger partial charge in [0.05, 0.1) is 6.61 Å². The highest BCUT2D eigenvalue weighted by Gasteiger charge is 2.29. The molecular weight excluding hydrogens is 320 g/mol. The molecule has 1 aliphatic heterocycles. The third-order valence-corrected chi connectivity index (χ3v) is 3.66. The number of amides is 1. The van der Waals surface area contributed by atoms with E-state index in [0.717, 1.165) is 18.7 Å². The minimum Gasteiger partial charge on any atom is -0.444 e. The molecule has 7 nitrogen and oxygen atoms in total. The van der Waals surface area contributed by atoms with Crippen molar-refractivity contribution in [3.63, 3.8) is 0 Å². The first kappa shape index (κ1) is 19.1. The van der Waals surface area contributed by atoms with Crippen molar-refractivity contribution in [2.24, 2.45) is 5.92 Å². The number of carbonyl (C=O) groups excluding carboxylic acids is 1. The summed E-state index contributed by atoms with van der Waals surface area (Å²) in [6, 6.07) is 9.92. The summed E-state index contributed by atoms with van der Waals surface area (Å²) in [7, 11) is 0. The maximum absolute atomic E-state index is 11.6. The van der Waals surface area contributed by atoms with E-state index in [4.69, 9.17) is 14.9 Å². The summed E-state index contributed by atoms with van der Waals surface area (Å²) in [6.07, 6.45) is -0.395. The Kier molecular flexibility index (Phi) is 6.64. The molecular formula is C18H28N4O3. The number of nitrogens with zero attached hydrogens (tertiary/aromatic N) is 1. The fraction of sp³-hybridized carbons (Fsp3) is 0.556. The molecule has 1 aliphatic rings. The molecule has 0 atom stereocenters.